The molecule has 0 saturated heterocycles. The second-order valence-electron chi connectivity index (χ2n) is 22.1. The Bertz CT molecular complexity index is 676. The minimum absolute atomic E-state index is 1.12. The fraction of sp³-hybridized carbons (Fsp3) is 0.984. The Kier molecular flexibility index (Phi) is 63.0. The van der Waals surface area contributed by atoms with Crippen molar-refractivity contribution in [3.05, 3.63) is 6.92 Å². The zero-order valence-corrected chi connectivity index (χ0v) is 45.5. The van der Waals surface area contributed by atoms with Gasteiger partial charge >= 0.3 is 0 Å². The Morgan fingerprint density at radius 1 is 0.125 bits per heavy atom. The lowest BCUT2D eigenvalue weighted by Crippen LogP contribution is -1.85. The SMILES string of the molecule is [CH2]CCCCCCCCCCCCCCCCCCCCCCCCCCCCCCCCCCCCCCCCCCCCCCCCCCCCCCCCCCCCCCC. The third-order valence-corrected chi connectivity index (χ3v) is 15.4. The molecule has 0 unspecified atom stereocenters. The highest BCUT2D eigenvalue weighted by Gasteiger charge is 2.00. The van der Waals surface area contributed by atoms with E-state index in [0.717, 1.165) is 6.42 Å². The van der Waals surface area contributed by atoms with E-state index in [1.54, 1.807) is 0 Å². The number of hydrogen-bond donors (Lipinski definition) is 0. The molecule has 385 valence electrons. The third kappa shape index (κ3) is 62.0. The molecule has 0 fully saturated rings. The lowest BCUT2D eigenvalue weighted by atomic mass is 10.0. The van der Waals surface area contributed by atoms with Crippen LogP contribution in [0.1, 0.15) is 405 Å². The van der Waals surface area contributed by atoms with Gasteiger partial charge in [0.25, 0.3) is 0 Å². The molecule has 1 radical (unpaired) electrons. The van der Waals surface area contributed by atoms with E-state index in [-0.39, 0.29) is 0 Å². The molecule has 0 heterocycles. The maximum atomic E-state index is 3.94. The quantitative estimate of drug-likeness (QED) is 0.0534. The van der Waals surface area contributed by atoms with Gasteiger partial charge in [-0.05, 0) is 0 Å². The molecule has 0 aliphatic carbocycles. The summed E-state index contributed by atoms with van der Waals surface area (Å²) in [6, 6.07) is 0. The summed E-state index contributed by atoms with van der Waals surface area (Å²) in [5.74, 6) is 0. The molecule has 0 rings (SSSR count). The van der Waals surface area contributed by atoms with E-state index in [4.69, 9.17) is 0 Å². The summed E-state index contributed by atoms with van der Waals surface area (Å²) in [6.07, 6.45) is 91.7. The van der Waals surface area contributed by atoms with Crippen molar-refractivity contribution in [3.63, 3.8) is 0 Å². The topological polar surface area (TPSA) is 0 Å². The first-order chi connectivity index (χ1) is 31.9. The second kappa shape index (κ2) is 63.0. The van der Waals surface area contributed by atoms with Crippen molar-refractivity contribution < 1.29 is 0 Å². The van der Waals surface area contributed by atoms with Crippen LogP contribution < -0.4 is 0 Å². The average molecular weight is 899 g/mol. The van der Waals surface area contributed by atoms with Crippen molar-refractivity contribution in [1.82, 2.24) is 0 Å². The highest BCUT2D eigenvalue weighted by molar-refractivity contribution is 4.56. The van der Waals surface area contributed by atoms with Gasteiger partial charge in [0.15, 0.2) is 0 Å². The minimum atomic E-state index is 1.12. The average Bonchev–Trinajstić information content (AvgIpc) is 3.31. The minimum Gasteiger partial charge on any atom is -0.0654 e. The fourth-order valence-electron chi connectivity index (χ4n) is 10.7. The van der Waals surface area contributed by atoms with Crippen molar-refractivity contribution in [1.29, 1.82) is 0 Å². The van der Waals surface area contributed by atoms with E-state index in [2.05, 4.69) is 13.8 Å². The highest BCUT2D eigenvalue weighted by atomic mass is 14.1. The monoisotopic (exact) mass is 898 g/mol. The van der Waals surface area contributed by atoms with Crippen LogP contribution in [-0.4, -0.2) is 0 Å². The number of hydrogen-bond acceptors (Lipinski definition) is 0. The van der Waals surface area contributed by atoms with Gasteiger partial charge in [-0.2, -0.15) is 0 Å². The van der Waals surface area contributed by atoms with Crippen LogP contribution in [0.5, 0.6) is 0 Å². The third-order valence-electron chi connectivity index (χ3n) is 15.4. The van der Waals surface area contributed by atoms with Gasteiger partial charge in [-0.1, -0.05) is 412 Å². The van der Waals surface area contributed by atoms with Crippen LogP contribution in [0.4, 0.5) is 0 Å². The van der Waals surface area contributed by atoms with E-state index in [9.17, 15) is 0 Å². The molecule has 0 aromatic carbocycles. The lowest BCUT2D eigenvalue weighted by Gasteiger charge is -2.05. The van der Waals surface area contributed by atoms with Gasteiger partial charge in [0.05, 0.1) is 0 Å². The molecule has 0 amide bonds. The normalized spacial score (nSPS) is 11.7. The molecule has 0 nitrogen and oxygen atoms in total. The van der Waals surface area contributed by atoms with Crippen molar-refractivity contribution >= 4 is 0 Å². The molecule has 0 N–H and O–H groups in total. The van der Waals surface area contributed by atoms with Crippen molar-refractivity contribution in [3.8, 4) is 0 Å². The molecule has 0 heteroatoms. The summed E-state index contributed by atoms with van der Waals surface area (Å²) < 4.78 is 0. The lowest BCUT2D eigenvalue weighted by molar-refractivity contribution is 0.506. The van der Waals surface area contributed by atoms with E-state index < -0.39 is 0 Å². The standard InChI is InChI=1S/C64H129/c1-3-5-7-9-11-13-15-17-19-21-23-25-27-29-31-33-35-37-39-41-43-45-47-49-51-53-55-57-59-61-63-64-62-60-58-56-54-52-50-48-46-44-42-40-38-36-34-32-30-28-26-24-22-20-18-16-14-12-10-8-6-4-2/h1,3-64H2,2H3. The molecule has 0 bridgehead atoms. The van der Waals surface area contributed by atoms with Gasteiger partial charge in [0, 0.05) is 0 Å². The summed E-state index contributed by atoms with van der Waals surface area (Å²) in [7, 11) is 0. The largest absolute Gasteiger partial charge is 0.0654 e. The molecule has 0 aromatic heterocycles. The van der Waals surface area contributed by atoms with Crippen LogP contribution in [-0.2, 0) is 0 Å². The zero-order valence-electron chi connectivity index (χ0n) is 45.5. The van der Waals surface area contributed by atoms with Gasteiger partial charge in [0.1, 0.15) is 0 Å². The highest BCUT2D eigenvalue weighted by Crippen LogP contribution is 2.20. The molecule has 64 heavy (non-hydrogen) atoms. The molecule has 0 atom stereocenters. The molecule has 0 aromatic rings. The summed E-state index contributed by atoms with van der Waals surface area (Å²) in [5.41, 5.74) is 0. The van der Waals surface area contributed by atoms with E-state index >= 15 is 0 Å². The summed E-state index contributed by atoms with van der Waals surface area (Å²) in [6.45, 7) is 6.26. The van der Waals surface area contributed by atoms with Crippen LogP contribution in [0, 0.1) is 6.92 Å². The van der Waals surface area contributed by atoms with Gasteiger partial charge in [-0.3, -0.25) is 0 Å². The predicted octanol–water partition coefficient (Wildman–Crippen LogP) is 25.0. The van der Waals surface area contributed by atoms with Gasteiger partial charge < -0.3 is 0 Å². The smallest absolute Gasteiger partial charge is 0.0533 e. The van der Waals surface area contributed by atoms with Crippen molar-refractivity contribution in [2.45, 2.75) is 405 Å². The summed E-state index contributed by atoms with van der Waals surface area (Å²) in [5, 5.41) is 0. The van der Waals surface area contributed by atoms with Crippen LogP contribution in [0.25, 0.3) is 0 Å². The van der Waals surface area contributed by atoms with E-state index in [1.807, 2.05) is 0 Å². The number of unbranched alkanes of at least 4 members (excludes halogenated alkanes) is 61. The molecular weight excluding hydrogens is 769 g/mol. The van der Waals surface area contributed by atoms with Crippen LogP contribution in [0.2, 0.25) is 0 Å². The first-order valence-corrected chi connectivity index (χ1v) is 31.7. The van der Waals surface area contributed by atoms with Crippen LogP contribution in [0.15, 0.2) is 0 Å². The van der Waals surface area contributed by atoms with Crippen molar-refractivity contribution in [2.24, 2.45) is 0 Å². The van der Waals surface area contributed by atoms with Crippen LogP contribution >= 0.6 is 0 Å². The van der Waals surface area contributed by atoms with Gasteiger partial charge in [-0.25, -0.2) is 0 Å². The summed E-state index contributed by atoms with van der Waals surface area (Å²) in [4.78, 5) is 0. The van der Waals surface area contributed by atoms with Gasteiger partial charge in [0.2, 0.25) is 0 Å². The van der Waals surface area contributed by atoms with Crippen LogP contribution in [0.3, 0.4) is 0 Å². The molecule has 0 aliphatic rings. The maximum absolute atomic E-state index is 3.94. The Labute approximate surface area is 410 Å². The Morgan fingerprint density at radius 2 is 0.203 bits per heavy atom. The number of rotatable bonds is 61. The van der Waals surface area contributed by atoms with Crippen molar-refractivity contribution in [2.75, 3.05) is 0 Å². The fourth-order valence-corrected chi connectivity index (χ4v) is 10.7. The molecular formula is C64H129. The first kappa shape index (κ1) is 64.0. The first-order valence-electron chi connectivity index (χ1n) is 31.7. The maximum Gasteiger partial charge on any atom is -0.0533 e. The molecule has 0 saturated carbocycles. The molecule has 0 spiro atoms. The second-order valence-corrected chi connectivity index (χ2v) is 22.1. The Balaban J connectivity index is 3.06. The zero-order chi connectivity index (χ0) is 45.8. The van der Waals surface area contributed by atoms with E-state index in [0.29, 0.717) is 0 Å². The van der Waals surface area contributed by atoms with Gasteiger partial charge in [-0.15, -0.1) is 0 Å². The predicted molar refractivity (Wildman–Crippen MR) is 297 cm³/mol. The summed E-state index contributed by atoms with van der Waals surface area (Å²) >= 11 is 0. The van der Waals surface area contributed by atoms with E-state index in [1.165, 1.54) is 392 Å². The Morgan fingerprint density at radius 3 is 0.281 bits per heavy atom. The molecule has 0 aliphatic heterocycles. The Hall–Kier alpha value is 0.